The normalized spacial score (nSPS) is 13.8. The molecule has 8 N–H and O–H groups in total. The Hall–Kier alpha value is -3.93. The van der Waals surface area contributed by atoms with Crippen molar-refractivity contribution < 1.29 is 52.7 Å². The number of unbranched alkanes of at least 4 members (excludes halogenated alkanes) is 1. The fourth-order valence-electron chi connectivity index (χ4n) is 6.21. The molecule has 0 saturated carbocycles. The Morgan fingerprint density at radius 3 is 1.79 bits per heavy atom. The molecule has 0 aliphatic rings. The van der Waals surface area contributed by atoms with Crippen LogP contribution < -0.4 is 42.5 Å². The second-order valence-corrected chi connectivity index (χ2v) is 19.8. The fourth-order valence-corrected chi connectivity index (χ4v) is 7.03. The number of nitrogens with one attached hydrogen (secondary N) is 8. The largest absolute Gasteiger partial charge is 0.359 e. The Morgan fingerprint density at radius 1 is 0.651 bits per heavy atom. The molecule has 0 fully saturated rings. The molecular weight excluding hydrogens is 897 g/mol. The minimum atomic E-state index is -1.38. The maximum Gasteiger partial charge on any atom is 0.243 e. The molecule has 0 aliphatic heterocycles. The monoisotopic (exact) mass is 964 g/mol. The second kappa shape index (κ2) is 34.5. The minimum Gasteiger partial charge on any atom is -0.359 e. The van der Waals surface area contributed by atoms with Crippen LogP contribution in [0.4, 0.5) is 0 Å². The van der Waals surface area contributed by atoms with E-state index in [9.17, 15) is 52.7 Å². The van der Waals surface area contributed by atoms with E-state index in [1.165, 1.54) is 14.0 Å². The Balaban J connectivity index is 5.84. The molecule has 19 nitrogen and oxygen atoms in total. The molecule has 0 bridgehead atoms. The van der Waals surface area contributed by atoms with E-state index in [0.717, 1.165) is 0 Å². The topological polar surface area (TPSA) is 284 Å². The van der Waals surface area contributed by atoms with Crippen molar-refractivity contribution in [2.24, 2.45) is 17.8 Å². The summed E-state index contributed by atoms with van der Waals surface area (Å²) in [6, 6.07) is -2.45. The Bertz CT molecular complexity index is 1640. The highest BCUT2D eigenvalue weighted by Crippen LogP contribution is 2.19. The fraction of sp³-hybridized carbons (Fsp3) is 0.725. The van der Waals surface area contributed by atoms with Gasteiger partial charge in [-0.2, -0.15) is 12.6 Å². The van der Waals surface area contributed by atoms with Gasteiger partial charge in [0, 0.05) is 69.9 Å². The summed E-state index contributed by atoms with van der Waals surface area (Å²) in [5.41, 5.74) is 0. The number of rotatable bonds is 36. The van der Waals surface area contributed by atoms with Crippen molar-refractivity contribution in [3.63, 3.8) is 0 Å². The zero-order valence-electron chi connectivity index (χ0n) is 37.0. The van der Waals surface area contributed by atoms with Gasteiger partial charge in [-0.15, -0.1) is 0 Å². The number of carbonyl (C=O) groups excluding carboxylic acids is 11. The number of carbonyl (C=O) groups is 11. The molecule has 0 aromatic heterocycles. The van der Waals surface area contributed by atoms with Crippen molar-refractivity contribution in [1.29, 1.82) is 0 Å². The van der Waals surface area contributed by atoms with E-state index in [4.69, 9.17) is 22.4 Å². The molecule has 0 rings (SSSR count). The highest BCUT2D eigenvalue weighted by atomic mass is 33.1. The summed E-state index contributed by atoms with van der Waals surface area (Å²) in [5.74, 6) is -6.71. The summed E-state index contributed by atoms with van der Waals surface area (Å²) < 4.78 is 0. The summed E-state index contributed by atoms with van der Waals surface area (Å²) in [4.78, 5) is 139. The van der Waals surface area contributed by atoms with Crippen molar-refractivity contribution in [3.05, 3.63) is 0 Å². The molecule has 0 aromatic carbocycles. The minimum absolute atomic E-state index is 0.0140. The molecule has 0 unspecified atom stereocenters. The number of likely N-dealkylation sites (N-methyl/N-ethyl adjacent to an activating group) is 1. The lowest BCUT2D eigenvalue weighted by Gasteiger charge is -2.20. The lowest BCUT2D eigenvalue weighted by molar-refractivity contribution is -0.133. The number of ketones is 3. The Kier molecular flexibility index (Phi) is 32.3. The molecule has 0 aromatic rings. The van der Waals surface area contributed by atoms with Crippen LogP contribution in [0.25, 0.3) is 0 Å². The predicted molar refractivity (Wildman–Crippen MR) is 249 cm³/mol. The quantitative estimate of drug-likeness (QED) is 0.0159. The van der Waals surface area contributed by atoms with Crippen LogP contribution in [0, 0.1) is 17.8 Å². The molecule has 6 atom stereocenters. The average molecular weight is 965 g/mol. The van der Waals surface area contributed by atoms with Crippen LogP contribution >= 0.6 is 12.6 Å². The van der Waals surface area contributed by atoms with Gasteiger partial charge in [0.25, 0.3) is 0 Å². The molecule has 358 valence electrons. The Morgan fingerprint density at radius 2 is 1.24 bits per heavy atom. The number of aldehydes is 1. The number of hydrogen-bond acceptors (Lipinski definition) is 15. The van der Waals surface area contributed by atoms with Gasteiger partial charge < -0.3 is 52.1 Å². The first-order valence-electron chi connectivity index (χ1n) is 21.1. The highest BCUT2D eigenvalue weighted by molar-refractivity contribution is 8.46. The highest BCUT2D eigenvalue weighted by Gasteiger charge is 2.28. The van der Waals surface area contributed by atoms with E-state index in [1.54, 1.807) is 20.9 Å². The Labute approximate surface area is 387 Å². The van der Waals surface area contributed by atoms with E-state index in [-0.39, 0.29) is 118 Å². The third-order valence-corrected chi connectivity index (χ3v) is 11.5. The summed E-state index contributed by atoms with van der Waals surface area (Å²) in [6.45, 7) is 4.72. The van der Waals surface area contributed by atoms with E-state index in [1.807, 2.05) is 0 Å². The van der Waals surface area contributed by atoms with Crippen molar-refractivity contribution in [2.75, 3.05) is 38.9 Å². The maximum atomic E-state index is 13.5. The van der Waals surface area contributed by atoms with Crippen LogP contribution in [0.3, 0.4) is 0 Å². The van der Waals surface area contributed by atoms with E-state index < -0.39 is 73.9 Å². The smallest absolute Gasteiger partial charge is 0.243 e. The summed E-state index contributed by atoms with van der Waals surface area (Å²) in [6.07, 6.45) is 1.37. The van der Waals surface area contributed by atoms with Crippen molar-refractivity contribution in [3.8, 4) is 0 Å². The molecular formula is C40H68N8O11S4. The standard InChI is InChI=1S/C40H68N8O11S4/c1-6-27(38(57)45-23-60)12-14-31(51)20-29(39(58)44-21-35(54)47-30(22-49)9-7-8-18-43-36(55)26(3)41-4)13-17-34(53)48-33(40(59)46-24-63(61)62)16-15-32(52)19-28(37(56)42-5)11-10-25(2)50/h22,26-30,33,41,60,63H,6-21,23-24H2,1-5H3,(H,42,56)(H,43,55)(H,44,58)(H,45,57)(H,46,59)(H,47,54)(H,48,53)/t26-,27-,28+,29+,30-,33-/m0/s1. The number of hydrogen-bond donors (Lipinski definition) is 10. The van der Waals surface area contributed by atoms with Crippen LogP contribution in [0.5, 0.6) is 0 Å². The number of Topliss-reactive ketones (excluding diaryl/α,β-unsaturated/α-hetero) is 3. The maximum absolute atomic E-state index is 13.5. The van der Waals surface area contributed by atoms with Gasteiger partial charge in [0.2, 0.25) is 41.4 Å². The van der Waals surface area contributed by atoms with Gasteiger partial charge in [-0.3, -0.25) is 43.2 Å². The van der Waals surface area contributed by atoms with Crippen LogP contribution in [-0.4, -0.2) is 122 Å². The van der Waals surface area contributed by atoms with Crippen LogP contribution in [0.2, 0.25) is 0 Å². The molecule has 23 heteroatoms. The second-order valence-electron chi connectivity index (χ2n) is 15.1. The van der Waals surface area contributed by atoms with Gasteiger partial charge in [0.15, 0.2) is 0 Å². The van der Waals surface area contributed by atoms with Gasteiger partial charge in [-0.25, -0.2) is 0 Å². The molecule has 63 heavy (non-hydrogen) atoms. The van der Waals surface area contributed by atoms with E-state index in [2.05, 4.69) is 55.2 Å². The molecule has 0 heterocycles. The lowest BCUT2D eigenvalue weighted by atomic mass is 9.91. The molecule has 0 spiro atoms. The summed E-state index contributed by atoms with van der Waals surface area (Å²) >= 11 is 14.1. The lowest BCUT2D eigenvalue weighted by Crippen LogP contribution is -2.47. The van der Waals surface area contributed by atoms with Crippen LogP contribution in [-0.2, 0) is 83.1 Å². The number of thiol groups is 2. The van der Waals surface area contributed by atoms with Gasteiger partial charge in [0.1, 0.15) is 29.7 Å². The van der Waals surface area contributed by atoms with Gasteiger partial charge >= 0.3 is 0 Å². The van der Waals surface area contributed by atoms with Gasteiger partial charge in [0.05, 0.1) is 30.4 Å². The molecule has 0 radical (unpaired) electrons. The zero-order chi connectivity index (χ0) is 47.9. The first kappa shape index (κ1) is 59.1. The third-order valence-electron chi connectivity index (χ3n) is 10.1. The van der Waals surface area contributed by atoms with Crippen LogP contribution in [0.1, 0.15) is 111 Å². The molecule has 0 aliphatic carbocycles. The van der Waals surface area contributed by atoms with Gasteiger partial charge in [-0.05, 0) is 94.6 Å². The zero-order valence-corrected chi connectivity index (χ0v) is 40.4. The number of amides is 7. The molecule has 0 saturated heterocycles. The van der Waals surface area contributed by atoms with Crippen molar-refractivity contribution in [1.82, 2.24) is 42.5 Å². The van der Waals surface area contributed by atoms with E-state index >= 15 is 0 Å². The summed E-state index contributed by atoms with van der Waals surface area (Å²) in [5, 5.41) is 20.8. The third kappa shape index (κ3) is 27.8. The SMILES string of the molecule is CC[C@@H](CCC(=O)C[C@@H](CCC(=O)N[C@@H](CCC(=O)C[C@@H](CCC(C)=O)C(=O)NC)C(=O)NC[SH](=S)=S)C(=O)NCC(=O)N[C@H](C=O)CCCCNC(=O)[C@H](C)NC)C(=O)NCS. The van der Waals surface area contributed by atoms with E-state index in [0.29, 0.717) is 32.1 Å². The first-order valence-corrected chi connectivity index (χ1v) is 25.3. The average Bonchev–Trinajstić information content (AvgIpc) is 3.24. The summed E-state index contributed by atoms with van der Waals surface area (Å²) in [7, 11) is 1.70. The van der Waals surface area contributed by atoms with Gasteiger partial charge in [-0.1, -0.05) is 14.9 Å². The first-order chi connectivity index (χ1) is 29.8. The predicted octanol–water partition coefficient (Wildman–Crippen LogP) is -0.850. The molecule has 7 amide bonds. The van der Waals surface area contributed by atoms with Crippen molar-refractivity contribution >= 4 is 108 Å². The van der Waals surface area contributed by atoms with Crippen LogP contribution in [0.15, 0.2) is 0 Å². The van der Waals surface area contributed by atoms with Crippen molar-refractivity contribution in [2.45, 2.75) is 129 Å².